The summed E-state index contributed by atoms with van der Waals surface area (Å²) in [4.78, 5) is 80.4. The molecule has 2 atom stereocenters. The number of H-pyrrole nitrogens is 1. The van der Waals surface area contributed by atoms with Crippen LogP contribution in [0.15, 0.2) is 89.4 Å². The molecule has 6 aromatic rings. The zero-order chi connectivity index (χ0) is 51.3. The van der Waals surface area contributed by atoms with Crippen molar-refractivity contribution in [2.45, 2.75) is 77.0 Å². The number of nitro benzene ring substituents is 1. The minimum atomic E-state index is -4.39. The molecule has 6 N–H and O–H groups in total. The number of carbonyl (C=O) groups is 4. The van der Waals surface area contributed by atoms with Crippen molar-refractivity contribution >= 4 is 84.3 Å². The van der Waals surface area contributed by atoms with Crippen molar-refractivity contribution in [3.05, 3.63) is 117 Å². The molecule has 8 rings (SSSR count). The summed E-state index contributed by atoms with van der Waals surface area (Å²) < 4.78 is 35.9. The number of pyridine rings is 1. The van der Waals surface area contributed by atoms with E-state index in [-0.39, 0.29) is 98.2 Å². The highest BCUT2D eigenvalue weighted by molar-refractivity contribution is 7.92. The largest absolute Gasteiger partial charge is 0.391 e. The van der Waals surface area contributed by atoms with E-state index in [9.17, 15) is 42.8 Å². The summed E-state index contributed by atoms with van der Waals surface area (Å²) in [6.07, 6.45) is 1.95. The second kappa shape index (κ2) is 21.6. The Labute approximate surface area is 419 Å². The number of aliphatic hydroxyl groups is 1. The number of ketones is 1. The fourth-order valence-electron chi connectivity index (χ4n) is 8.83. The number of aromatic amines is 1. The maximum Gasteiger partial charge on any atom is 0.293 e. The maximum atomic E-state index is 13.9. The van der Waals surface area contributed by atoms with Crippen molar-refractivity contribution in [2.24, 2.45) is 5.41 Å². The summed E-state index contributed by atoms with van der Waals surface area (Å²) in [5.74, 6) is -1.29. The van der Waals surface area contributed by atoms with Gasteiger partial charge in [0.15, 0.2) is 5.78 Å². The van der Waals surface area contributed by atoms with Crippen LogP contribution in [-0.2, 0) is 35.7 Å². The topological polar surface area (TPSA) is 271 Å². The quantitative estimate of drug-likeness (QED) is 0.0293. The molecule has 20 nitrogen and oxygen atoms in total. The maximum absolute atomic E-state index is 13.9. The number of sulfonamides is 1. The molecule has 22 heteroatoms. The van der Waals surface area contributed by atoms with Gasteiger partial charge in [-0.2, -0.15) is 0 Å². The average Bonchev–Trinajstić information content (AvgIpc) is 4.09. The predicted molar refractivity (Wildman–Crippen MR) is 273 cm³/mol. The number of nitrogens with one attached hydrogen (secondary N) is 5. The number of aliphatic hydroxyl groups excluding tert-OH is 1. The van der Waals surface area contributed by atoms with Crippen LogP contribution in [0.3, 0.4) is 0 Å². The highest BCUT2D eigenvalue weighted by atomic mass is 32.2. The fourth-order valence-corrected chi connectivity index (χ4v) is 10.7. The van der Waals surface area contributed by atoms with Gasteiger partial charge in [0.2, 0.25) is 17.7 Å². The summed E-state index contributed by atoms with van der Waals surface area (Å²) in [6.45, 7) is 7.66. The Bertz CT molecular complexity index is 3140. The number of nitrogens with zero attached hydrogens (tertiary/aromatic N) is 5. The number of anilines is 4. The Morgan fingerprint density at radius 2 is 1.78 bits per heavy atom. The molecular weight excluding hydrogens is 965 g/mol. The normalized spacial score (nSPS) is 16.0. The van der Waals surface area contributed by atoms with E-state index in [0.29, 0.717) is 30.0 Å². The van der Waals surface area contributed by atoms with Crippen molar-refractivity contribution in [1.29, 1.82) is 0 Å². The number of aryl methyl sites for hydroxylation is 2. The number of carbonyl (C=O) groups excluding carboxylic acids is 4. The molecule has 0 spiro atoms. The number of aromatic nitrogens is 3. The zero-order valence-corrected chi connectivity index (χ0v) is 41.8. The number of rotatable bonds is 19. The molecule has 0 saturated carbocycles. The van der Waals surface area contributed by atoms with Crippen LogP contribution in [0.1, 0.15) is 66.8 Å². The van der Waals surface area contributed by atoms with E-state index in [4.69, 9.17) is 4.74 Å². The van der Waals surface area contributed by atoms with Crippen LogP contribution in [0.2, 0.25) is 0 Å². The van der Waals surface area contributed by atoms with Gasteiger partial charge in [-0.15, -0.1) is 11.3 Å². The summed E-state index contributed by atoms with van der Waals surface area (Å²) in [6, 6.07) is 19.3. The van der Waals surface area contributed by atoms with E-state index < -0.39 is 44.1 Å². The molecular formula is C50H56N10O10S2. The lowest BCUT2D eigenvalue weighted by Gasteiger charge is -2.32. The van der Waals surface area contributed by atoms with Crippen LogP contribution < -0.4 is 25.6 Å². The molecule has 5 heterocycles. The molecule has 1 saturated heterocycles. The Hall–Kier alpha value is -7.27. The first-order valence-electron chi connectivity index (χ1n) is 23.4. The van der Waals surface area contributed by atoms with Gasteiger partial charge in [0.05, 0.1) is 55.7 Å². The molecule has 0 aliphatic carbocycles. The number of hydrogen-bond donors (Lipinski definition) is 6. The van der Waals surface area contributed by atoms with E-state index >= 15 is 0 Å². The van der Waals surface area contributed by atoms with Crippen LogP contribution in [0.25, 0.3) is 21.5 Å². The Morgan fingerprint density at radius 1 is 1.00 bits per heavy atom. The van der Waals surface area contributed by atoms with Crippen LogP contribution in [0.4, 0.5) is 28.4 Å². The van der Waals surface area contributed by atoms with E-state index in [1.165, 1.54) is 17.0 Å². The van der Waals surface area contributed by atoms with Gasteiger partial charge in [-0.05, 0) is 79.8 Å². The third kappa shape index (κ3) is 11.6. The number of thiazole rings is 1. The first-order valence-corrected chi connectivity index (χ1v) is 25.8. The smallest absolute Gasteiger partial charge is 0.293 e. The lowest BCUT2D eigenvalue weighted by Crippen LogP contribution is -2.50. The Morgan fingerprint density at radius 3 is 2.53 bits per heavy atom. The molecule has 378 valence electrons. The summed E-state index contributed by atoms with van der Waals surface area (Å²) >= 11 is 1.56. The number of likely N-dealkylation sites (tertiary alicyclic amines) is 1. The summed E-state index contributed by atoms with van der Waals surface area (Å²) in [5, 5.41) is 32.0. The second-order valence-electron chi connectivity index (χ2n) is 18.5. The van der Waals surface area contributed by atoms with Crippen molar-refractivity contribution in [3.8, 4) is 10.4 Å². The minimum absolute atomic E-state index is 0.00706. The molecule has 2 aliphatic rings. The third-order valence-corrected chi connectivity index (χ3v) is 15.1. The van der Waals surface area contributed by atoms with E-state index in [1.807, 2.05) is 55.1 Å². The number of amides is 3. The first kappa shape index (κ1) is 51.1. The molecule has 0 radical (unpaired) electrons. The predicted octanol–water partition coefficient (Wildman–Crippen LogP) is 6.37. The van der Waals surface area contributed by atoms with Crippen LogP contribution in [0.5, 0.6) is 0 Å². The van der Waals surface area contributed by atoms with Gasteiger partial charge in [0, 0.05) is 68.6 Å². The molecule has 3 amide bonds. The number of benzene rings is 3. The fraction of sp³-hybridized carbons (Fsp3) is 0.360. The molecule has 0 bridgehead atoms. The van der Waals surface area contributed by atoms with E-state index in [1.54, 1.807) is 55.1 Å². The first-order chi connectivity index (χ1) is 34.4. The lowest BCUT2D eigenvalue weighted by atomic mass is 9.87. The second-order valence-corrected chi connectivity index (χ2v) is 21.1. The van der Waals surface area contributed by atoms with Crippen molar-refractivity contribution < 1.29 is 42.4 Å². The van der Waals surface area contributed by atoms with Crippen molar-refractivity contribution in [2.75, 3.05) is 54.3 Å². The third-order valence-electron chi connectivity index (χ3n) is 12.7. The zero-order valence-electron chi connectivity index (χ0n) is 40.2. The number of Topliss-reactive ketones (excluding diaryl/α,β-unsaturated/α-hetero) is 1. The minimum Gasteiger partial charge on any atom is -0.391 e. The van der Waals surface area contributed by atoms with Gasteiger partial charge >= 0.3 is 0 Å². The van der Waals surface area contributed by atoms with Crippen molar-refractivity contribution in [3.63, 3.8) is 0 Å². The van der Waals surface area contributed by atoms with Crippen LogP contribution >= 0.6 is 11.3 Å². The van der Waals surface area contributed by atoms with Gasteiger partial charge in [-0.25, -0.2) is 18.4 Å². The van der Waals surface area contributed by atoms with Gasteiger partial charge < -0.3 is 40.6 Å². The molecule has 1 fully saturated rings. The Kier molecular flexibility index (Phi) is 15.3. The standard InChI is InChI=1S/C50H56N10O10S2/c1-30-7-13-38(39(22-30)58-20-5-6-43(62)45-41(58)23-34-15-17-53-47(34)56-45)57-72(68,69)36-12-14-37(40(25-36)60(66)67)51-19-21-70-28-44(63)52-18-16-50(3,4)49(65)59-27-35(61)24-42(59)48(64)54-26-32-8-10-33(11-9-32)46-31(2)55-29-71-46/h7-15,17,22-23,25,29,35,42,51,57,61H,5-6,16,18-21,24,26-28H2,1-4H3,(H,52,63)(H,53,56)(H,54,64)/t35-,42+/m0/s1. The molecule has 2 aliphatic heterocycles. The van der Waals surface area contributed by atoms with Gasteiger partial charge in [0.1, 0.15) is 29.7 Å². The number of hydrogen-bond acceptors (Lipinski definition) is 15. The molecule has 72 heavy (non-hydrogen) atoms. The number of ether oxygens (including phenoxy) is 1. The average molecular weight is 1020 g/mol. The molecule has 0 unspecified atom stereocenters. The number of fused-ring (bicyclic) bond motifs is 2. The summed E-state index contributed by atoms with van der Waals surface area (Å²) in [5.41, 5.74) is 6.08. The van der Waals surface area contributed by atoms with Crippen LogP contribution in [-0.4, -0.2) is 113 Å². The highest BCUT2D eigenvalue weighted by Crippen LogP contribution is 2.40. The number of nitro groups is 1. The lowest BCUT2D eigenvalue weighted by molar-refractivity contribution is -0.384. The molecule has 3 aromatic carbocycles. The van der Waals surface area contributed by atoms with E-state index in [0.717, 1.165) is 38.7 Å². The van der Waals surface area contributed by atoms with E-state index in [2.05, 4.69) is 35.6 Å². The Balaban J connectivity index is 0.803. The van der Waals surface area contributed by atoms with Gasteiger partial charge in [-0.3, -0.25) is 34.0 Å². The monoisotopic (exact) mass is 1020 g/mol. The number of β-amino-alcohol motifs (C(OH)–C–C–N with tert-alkyl or cyclic N) is 1. The van der Waals surface area contributed by atoms with Gasteiger partial charge in [0.25, 0.3) is 15.7 Å². The summed E-state index contributed by atoms with van der Waals surface area (Å²) in [7, 11) is -4.39. The van der Waals surface area contributed by atoms with Crippen LogP contribution in [0, 0.1) is 29.4 Å². The molecule has 3 aromatic heterocycles. The van der Waals surface area contributed by atoms with Gasteiger partial charge in [-0.1, -0.05) is 44.2 Å². The SMILES string of the molecule is Cc1ccc(NS(=O)(=O)c2ccc(NCCOCC(=O)NCCC(C)(C)C(=O)N3C[C@@H](O)C[C@@H]3C(=O)NCc3ccc(-c4scnc4C)cc3)c([N+](=O)[O-])c2)c(N2CCCC(=O)c3nc4[nH]ccc4cc32)c1. The van der Waals surface area contributed by atoms with Crippen molar-refractivity contribution in [1.82, 2.24) is 30.5 Å². The highest BCUT2D eigenvalue weighted by Gasteiger charge is 2.43.